The highest BCUT2D eigenvalue weighted by atomic mass is 32.2. The van der Waals surface area contributed by atoms with Gasteiger partial charge in [0.15, 0.2) is 0 Å². The maximum atomic E-state index is 12.6. The second-order valence-corrected chi connectivity index (χ2v) is 9.21. The smallest absolute Gasteiger partial charge is 0.444 e. The van der Waals surface area contributed by atoms with Crippen molar-refractivity contribution in [2.75, 3.05) is 6.61 Å². The Morgan fingerprint density at radius 3 is 2.18 bits per heavy atom. The van der Waals surface area contributed by atoms with E-state index in [1.54, 1.807) is 34.6 Å². The number of alkyl halides is 3. The highest BCUT2D eigenvalue weighted by Gasteiger charge is 2.49. The minimum absolute atomic E-state index is 0.132. The monoisotopic (exact) mass is 425 g/mol. The van der Waals surface area contributed by atoms with Crippen molar-refractivity contribution in [2.45, 2.75) is 57.5 Å². The predicted octanol–water partition coefficient (Wildman–Crippen LogP) is 3.96. The molecule has 0 bridgehead atoms. The lowest BCUT2D eigenvalue weighted by atomic mass is 10.1. The summed E-state index contributed by atoms with van der Waals surface area (Å²) in [6, 6.07) is 4.33. The standard InChI is InChI=1S/C17H22F3NO6S/c1-15(2,3)26-14(22)21-13(10-25-16(21,4)5)11-6-8-12(9-7-11)27-28(23,24)17(18,19)20/h6-9,13H,10H2,1-5H3. The molecule has 1 amide bonds. The summed E-state index contributed by atoms with van der Waals surface area (Å²) < 4.78 is 74.6. The Morgan fingerprint density at radius 2 is 1.71 bits per heavy atom. The zero-order valence-corrected chi connectivity index (χ0v) is 16.8. The van der Waals surface area contributed by atoms with Crippen molar-refractivity contribution in [1.29, 1.82) is 0 Å². The molecular weight excluding hydrogens is 403 g/mol. The molecule has 1 aromatic rings. The fraction of sp³-hybridized carbons (Fsp3) is 0.588. The van der Waals surface area contributed by atoms with Crippen LogP contribution in [-0.2, 0) is 19.6 Å². The van der Waals surface area contributed by atoms with E-state index in [1.807, 2.05) is 0 Å². The Hall–Kier alpha value is -2.01. The lowest BCUT2D eigenvalue weighted by molar-refractivity contribution is -0.0626. The molecule has 0 spiro atoms. The zero-order chi connectivity index (χ0) is 21.5. The lowest BCUT2D eigenvalue weighted by Gasteiger charge is -2.35. The fourth-order valence-corrected chi connectivity index (χ4v) is 3.08. The second-order valence-electron chi connectivity index (χ2n) is 7.68. The molecular formula is C17H22F3NO6S. The van der Waals surface area contributed by atoms with Gasteiger partial charge in [-0.1, -0.05) is 12.1 Å². The Kier molecular flexibility index (Phi) is 5.65. The van der Waals surface area contributed by atoms with Gasteiger partial charge in [0, 0.05) is 0 Å². The Bertz CT molecular complexity index is 828. The van der Waals surface area contributed by atoms with E-state index in [0.29, 0.717) is 5.56 Å². The molecule has 1 aliphatic rings. The van der Waals surface area contributed by atoms with Crippen LogP contribution < -0.4 is 4.18 Å². The summed E-state index contributed by atoms with van der Waals surface area (Å²) in [5, 5.41) is 0. The number of carbonyl (C=O) groups is 1. The van der Waals surface area contributed by atoms with E-state index >= 15 is 0 Å². The van der Waals surface area contributed by atoms with E-state index in [1.165, 1.54) is 17.0 Å². The Morgan fingerprint density at radius 1 is 1.18 bits per heavy atom. The van der Waals surface area contributed by atoms with Gasteiger partial charge in [-0.25, -0.2) is 4.79 Å². The molecule has 0 radical (unpaired) electrons. The number of amides is 1. The van der Waals surface area contributed by atoms with Crippen molar-refractivity contribution in [3.8, 4) is 5.75 Å². The van der Waals surface area contributed by atoms with E-state index in [9.17, 15) is 26.4 Å². The van der Waals surface area contributed by atoms with Crippen LogP contribution in [0.1, 0.15) is 46.2 Å². The predicted molar refractivity (Wildman–Crippen MR) is 92.9 cm³/mol. The van der Waals surface area contributed by atoms with Crippen molar-refractivity contribution in [2.24, 2.45) is 0 Å². The number of carbonyl (C=O) groups excluding carboxylic acids is 1. The summed E-state index contributed by atoms with van der Waals surface area (Å²) in [6.07, 6.45) is -0.611. The maximum Gasteiger partial charge on any atom is 0.534 e. The van der Waals surface area contributed by atoms with Crippen LogP contribution in [0.3, 0.4) is 0 Å². The van der Waals surface area contributed by atoms with Crippen LogP contribution in [0.4, 0.5) is 18.0 Å². The molecule has 28 heavy (non-hydrogen) atoms. The van der Waals surface area contributed by atoms with Gasteiger partial charge < -0.3 is 13.7 Å². The number of hydrogen-bond acceptors (Lipinski definition) is 6. The quantitative estimate of drug-likeness (QED) is 0.539. The largest absolute Gasteiger partial charge is 0.534 e. The summed E-state index contributed by atoms with van der Waals surface area (Å²) >= 11 is 0. The number of nitrogens with zero attached hydrogens (tertiary/aromatic N) is 1. The van der Waals surface area contributed by atoms with E-state index in [0.717, 1.165) is 12.1 Å². The molecule has 11 heteroatoms. The molecule has 1 unspecified atom stereocenters. The molecule has 0 N–H and O–H groups in total. The number of rotatable bonds is 3. The SMILES string of the molecule is CC(C)(C)OC(=O)N1C(c2ccc(OS(=O)(=O)C(F)(F)F)cc2)COC1(C)C. The average molecular weight is 425 g/mol. The summed E-state index contributed by atoms with van der Waals surface area (Å²) in [7, 11) is -5.75. The molecule has 0 aliphatic carbocycles. The zero-order valence-electron chi connectivity index (χ0n) is 16.0. The first-order valence-corrected chi connectivity index (χ1v) is 9.71. The van der Waals surface area contributed by atoms with Gasteiger partial charge in [-0.15, -0.1) is 0 Å². The molecule has 158 valence electrons. The molecule has 1 fully saturated rings. The summed E-state index contributed by atoms with van der Waals surface area (Å²) in [5.74, 6) is -0.497. The van der Waals surface area contributed by atoms with Crippen LogP contribution in [0.2, 0.25) is 0 Å². The van der Waals surface area contributed by atoms with Gasteiger partial charge in [-0.05, 0) is 52.3 Å². The van der Waals surface area contributed by atoms with Gasteiger partial charge in [-0.2, -0.15) is 21.6 Å². The summed E-state index contributed by atoms with van der Waals surface area (Å²) in [6.45, 7) is 8.66. The number of ether oxygens (including phenoxy) is 2. The van der Waals surface area contributed by atoms with Crippen LogP contribution in [0.25, 0.3) is 0 Å². The first-order chi connectivity index (χ1) is 12.5. The highest BCUT2D eigenvalue weighted by molar-refractivity contribution is 7.88. The number of benzene rings is 1. The third kappa shape index (κ3) is 4.88. The first kappa shape index (κ1) is 22.3. The number of hydrogen-bond donors (Lipinski definition) is 0. The van der Waals surface area contributed by atoms with Crippen molar-refractivity contribution in [3.05, 3.63) is 29.8 Å². The van der Waals surface area contributed by atoms with Crippen molar-refractivity contribution < 1.29 is 40.0 Å². The van der Waals surface area contributed by atoms with Gasteiger partial charge in [0.05, 0.1) is 12.6 Å². The van der Waals surface area contributed by atoms with Gasteiger partial charge in [0.25, 0.3) is 0 Å². The number of halogens is 3. The minimum atomic E-state index is -5.75. The molecule has 1 atom stereocenters. The van der Waals surface area contributed by atoms with Gasteiger partial charge in [0.2, 0.25) is 0 Å². The van der Waals surface area contributed by atoms with Crippen molar-refractivity contribution in [3.63, 3.8) is 0 Å². The van der Waals surface area contributed by atoms with Gasteiger partial charge >= 0.3 is 21.7 Å². The van der Waals surface area contributed by atoms with E-state index < -0.39 is 44.8 Å². The average Bonchev–Trinajstić information content (AvgIpc) is 2.80. The summed E-state index contributed by atoms with van der Waals surface area (Å²) in [5.41, 5.74) is -6.71. The fourth-order valence-electron chi connectivity index (χ4n) is 2.63. The van der Waals surface area contributed by atoms with E-state index in [-0.39, 0.29) is 6.61 Å². The van der Waals surface area contributed by atoms with Crippen molar-refractivity contribution in [1.82, 2.24) is 4.90 Å². The lowest BCUT2D eigenvalue weighted by Crippen LogP contribution is -2.47. The Labute approximate surface area is 161 Å². The van der Waals surface area contributed by atoms with Gasteiger partial charge in [0.1, 0.15) is 17.1 Å². The maximum absolute atomic E-state index is 12.6. The minimum Gasteiger partial charge on any atom is -0.444 e. The van der Waals surface area contributed by atoms with Crippen LogP contribution in [0.15, 0.2) is 24.3 Å². The van der Waals surface area contributed by atoms with Crippen molar-refractivity contribution >= 4 is 16.2 Å². The summed E-state index contributed by atoms with van der Waals surface area (Å²) in [4.78, 5) is 14.0. The molecule has 7 nitrogen and oxygen atoms in total. The Balaban J connectivity index is 2.25. The molecule has 0 saturated carbocycles. The second kappa shape index (κ2) is 7.11. The first-order valence-electron chi connectivity index (χ1n) is 8.30. The molecule has 1 aromatic carbocycles. The molecule has 1 aliphatic heterocycles. The van der Waals surface area contributed by atoms with Crippen LogP contribution in [-0.4, -0.2) is 42.9 Å². The molecule has 0 aromatic heterocycles. The van der Waals surface area contributed by atoms with E-state index in [2.05, 4.69) is 4.18 Å². The molecule has 1 heterocycles. The van der Waals surface area contributed by atoms with Crippen LogP contribution >= 0.6 is 0 Å². The van der Waals surface area contributed by atoms with Gasteiger partial charge in [-0.3, -0.25) is 4.90 Å². The van der Waals surface area contributed by atoms with E-state index in [4.69, 9.17) is 9.47 Å². The third-order valence-corrected chi connectivity index (χ3v) is 4.81. The highest BCUT2D eigenvalue weighted by Crippen LogP contribution is 2.38. The third-order valence-electron chi connectivity index (χ3n) is 3.83. The normalized spacial score (nSPS) is 20.1. The topological polar surface area (TPSA) is 82.1 Å². The van der Waals surface area contributed by atoms with Crippen LogP contribution in [0.5, 0.6) is 5.75 Å². The molecule has 1 saturated heterocycles. The molecule has 2 rings (SSSR count). The van der Waals surface area contributed by atoms with Crippen LogP contribution in [0, 0.1) is 0 Å².